The third-order valence-corrected chi connectivity index (χ3v) is 5.45. The number of alkyl halides is 3. The van der Waals surface area contributed by atoms with Gasteiger partial charge < -0.3 is 25.8 Å². The van der Waals surface area contributed by atoms with Gasteiger partial charge in [0.2, 0.25) is 0 Å². The summed E-state index contributed by atoms with van der Waals surface area (Å²) in [4.78, 5) is 24.3. The second-order valence-corrected chi connectivity index (χ2v) is 7.86. The second kappa shape index (κ2) is 11.3. The van der Waals surface area contributed by atoms with Crippen LogP contribution in [0.2, 0.25) is 0 Å². The molecule has 34 heavy (non-hydrogen) atoms. The summed E-state index contributed by atoms with van der Waals surface area (Å²) in [6.45, 7) is -0.119. The van der Waals surface area contributed by atoms with Crippen molar-refractivity contribution in [3.05, 3.63) is 65.5 Å². The summed E-state index contributed by atoms with van der Waals surface area (Å²) in [6.07, 6.45) is -3.99. The highest BCUT2D eigenvalue weighted by Crippen LogP contribution is 2.30. The number of benzene rings is 2. The maximum atomic E-state index is 13.7. The largest absolute Gasteiger partial charge is 0.416 e. The molecule has 1 heterocycles. The Balaban J connectivity index is 1.44. The molecule has 0 unspecified atom stereocenters. The van der Waals surface area contributed by atoms with E-state index >= 15 is 0 Å². The summed E-state index contributed by atoms with van der Waals surface area (Å²) in [5.74, 6) is -1.15. The molecule has 2 aromatic rings. The van der Waals surface area contributed by atoms with Crippen LogP contribution in [0.4, 0.5) is 28.0 Å². The molecule has 3 rings (SSSR count). The number of aliphatic hydroxyl groups is 1. The minimum absolute atomic E-state index is 0.0522. The van der Waals surface area contributed by atoms with Gasteiger partial charge in [0.25, 0.3) is 5.91 Å². The van der Waals surface area contributed by atoms with E-state index in [-0.39, 0.29) is 30.5 Å². The van der Waals surface area contributed by atoms with Crippen LogP contribution in [0.25, 0.3) is 0 Å². The molecule has 1 fully saturated rings. The third kappa shape index (κ3) is 6.91. The van der Waals surface area contributed by atoms with Gasteiger partial charge in [-0.15, -0.1) is 0 Å². The minimum Gasteiger partial charge on any atom is -0.394 e. The fraction of sp³-hybridized carbons (Fsp3) is 0.391. The van der Waals surface area contributed by atoms with Crippen LogP contribution in [0.1, 0.15) is 35.2 Å². The molecule has 1 aliphatic heterocycles. The number of carbonyl (C=O) groups is 2. The van der Waals surface area contributed by atoms with Gasteiger partial charge in [0.1, 0.15) is 11.9 Å². The Bertz CT molecular complexity index is 985. The van der Waals surface area contributed by atoms with Gasteiger partial charge >= 0.3 is 12.2 Å². The first-order valence-corrected chi connectivity index (χ1v) is 10.7. The molecule has 11 heteroatoms. The van der Waals surface area contributed by atoms with E-state index in [4.69, 9.17) is 4.74 Å². The standard InChI is InChI=1S/C23H25F4N3O4/c24-18-4-2-1-3-17(18)21(32)28-12-11-16-9-10-19(20(13-31)34-16)30-22(33)29-15-7-5-14(6-8-15)23(25,26)27/h1-8,16,19-20,31H,9-13H2,(H,28,32)(H2,29,30,33)/t16-,19-,20+/m1/s1. The van der Waals surface area contributed by atoms with Crippen LogP contribution < -0.4 is 16.0 Å². The van der Waals surface area contributed by atoms with Crippen LogP contribution in [-0.4, -0.2) is 48.4 Å². The molecule has 7 nitrogen and oxygen atoms in total. The van der Waals surface area contributed by atoms with Crippen molar-refractivity contribution in [1.82, 2.24) is 10.6 Å². The Labute approximate surface area is 193 Å². The van der Waals surface area contributed by atoms with Gasteiger partial charge in [-0.2, -0.15) is 13.2 Å². The summed E-state index contributed by atoms with van der Waals surface area (Å²) in [6, 6.07) is 8.52. The van der Waals surface area contributed by atoms with Gasteiger partial charge in [-0.1, -0.05) is 12.1 Å². The molecule has 0 bridgehead atoms. The number of anilines is 1. The van der Waals surface area contributed by atoms with E-state index in [9.17, 15) is 32.3 Å². The molecule has 3 amide bonds. The quantitative estimate of drug-likeness (QED) is 0.452. The lowest BCUT2D eigenvalue weighted by Crippen LogP contribution is -2.52. The van der Waals surface area contributed by atoms with E-state index in [2.05, 4.69) is 16.0 Å². The third-order valence-electron chi connectivity index (χ3n) is 5.45. The average molecular weight is 483 g/mol. The highest BCUT2D eigenvalue weighted by Gasteiger charge is 2.32. The van der Waals surface area contributed by atoms with Crippen molar-refractivity contribution < 1.29 is 37.0 Å². The topological polar surface area (TPSA) is 99.7 Å². The molecule has 4 N–H and O–H groups in total. The van der Waals surface area contributed by atoms with E-state index in [0.717, 1.165) is 24.3 Å². The van der Waals surface area contributed by atoms with Crippen LogP contribution in [-0.2, 0) is 10.9 Å². The Morgan fingerprint density at radius 1 is 1.06 bits per heavy atom. The monoisotopic (exact) mass is 483 g/mol. The lowest BCUT2D eigenvalue weighted by Gasteiger charge is -2.36. The molecule has 2 aromatic carbocycles. The number of aliphatic hydroxyl groups excluding tert-OH is 1. The number of hydrogen-bond acceptors (Lipinski definition) is 4. The van der Waals surface area contributed by atoms with E-state index in [1.165, 1.54) is 18.2 Å². The Hall–Kier alpha value is -3.18. The van der Waals surface area contributed by atoms with Gasteiger partial charge in [0, 0.05) is 12.2 Å². The van der Waals surface area contributed by atoms with Crippen LogP contribution in [0.15, 0.2) is 48.5 Å². The first-order chi connectivity index (χ1) is 16.2. The number of urea groups is 1. The summed E-state index contributed by atoms with van der Waals surface area (Å²) in [7, 11) is 0. The van der Waals surface area contributed by atoms with E-state index < -0.39 is 41.6 Å². The van der Waals surface area contributed by atoms with Crippen LogP contribution in [0, 0.1) is 5.82 Å². The molecule has 1 aliphatic rings. The fourth-order valence-electron chi connectivity index (χ4n) is 3.67. The van der Waals surface area contributed by atoms with Crippen molar-refractivity contribution in [3.8, 4) is 0 Å². The molecule has 0 radical (unpaired) electrons. The number of rotatable bonds is 7. The molecular weight excluding hydrogens is 458 g/mol. The van der Waals surface area contributed by atoms with E-state index in [0.29, 0.717) is 19.3 Å². The normalized spacial score (nSPS) is 20.4. The maximum Gasteiger partial charge on any atom is 0.416 e. The fourth-order valence-corrected chi connectivity index (χ4v) is 3.67. The molecule has 0 spiro atoms. The average Bonchev–Trinajstić information content (AvgIpc) is 2.80. The smallest absolute Gasteiger partial charge is 0.394 e. The first-order valence-electron chi connectivity index (χ1n) is 10.7. The predicted molar refractivity (Wildman–Crippen MR) is 116 cm³/mol. The Morgan fingerprint density at radius 2 is 1.76 bits per heavy atom. The van der Waals surface area contributed by atoms with Crippen molar-refractivity contribution in [3.63, 3.8) is 0 Å². The number of nitrogens with one attached hydrogen (secondary N) is 3. The number of ether oxygens (including phenoxy) is 1. The number of amides is 3. The van der Waals surface area contributed by atoms with Crippen LogP contribution >= 0.6 is 0 Å². The van der Waals surface area contributed by atoms with Crippen molar-refractivity contribution in [2.24, 2.45) is 0 Å². The van der Waals surface area contributed by atoms with Crippen LogP contribution in [0.3, 0.4) is 0 Å². The van der Waals surface area contributed by atoms with Gasteiger partial charge in [0.15, 0.2) is 0 Å². The molecular formula is C23H25F4N3O4. The van der Waals surface area contributed by atoms with Gasteiger partial charge in [-0.3, -0.25) is 4.79 Å². The van der Waals surface area contributed by atoms with Crippen molar-refractivity contribution in [2.75, 3.05) is 18.5 Å². The molecule has 1 saturated heterocycles. The van der Waals surface area contributed by atoms with Crippen molar-refractivity contribution in [2.45, 2.75) is 43.7 Å². The predicted octanol–water partition coefficient (Wildman–Crippen LogP) is 3.69. The zero-order chi connectivity index (χ0) is 24.7. The number of hydrogen-bond donors (Lipinski definition) is 4. The molecule has 184 valence electrons. The van der Waals surface area contributed by atoms with Crippen molar-refractivity contribution >= 4 is 17.6 Å². The van der Waals surface area contributed by atoms with Gasteiger partial charge in [-0.05, 0) is 55.7 Å². The lowest BCUT2D eigenvalue weighted by molar-refractivity contribution is -0.137. The van der Waals surface area contributed by atoms with Gasteiger partial charge in [-0.25, -0.2) is 9.18 Å². The highest BCUT2D eigenvalue weighted by atomic mass is 19.4. The summed E-state index contributed by atoms with van der Waals surface area (Å²) in [5.41, 5.74) is -0.689. The molecule has 0 aliphatic carbocycles. The maximum absolute atomic E-state index is 13.7. The first kappa shape index (κ1) is 25.4. The highest BCUT2D eigenvalue weighted by molar-refractivity contribution is 5.94. The molecule has 0 saturated carbocycles. The van der Waals surface area contributed by atoms with Crippen LogP contribution in [0.5, 0.6) is 0 Å². The lowest BCUT2D eigenvalue weighted by atomic mass is 9.97. The number of halogens is 4. The summed E-state index contributed by atoms with van der Waals surface area (Å²) < 4.78 is 57.4. The summed E-state index contributed by atoms with van der Waals surface area (Å²) >= 11 is 0. The van der Waals surface area contributed by atoms with Crippen molar-refractivity contribution in [1.29, 1.82) is 0 Å². The Kier molecular flexibility index (Phi) is 8.46. The van der Waals surface area contributed by atoms with E-state index in [1.807, 2.05) is 0 Å². The SMILES string of the molecule is O=C(Nc1ccc(C(F)(F)F)cc1)N[C@@H]1CC[C@H](CCNC(=O)c2ccccc2F)O[C@H]1CO. The van der Waals surface area contributed by atoms with E-state index in [1.54, 1.807) is 6.07 Å². The second-order valence-electron chi connectivity index (χ2n) is 7.86. The minimum atomic E-state index is -4.47. The zero-order valence-electron chi connectivity index (χ0n) is 18.1. The Morgan fingerprint density at radius 3 is 2.41 bits per heavy atom. The van der Waals surface area contributed by atoms with Gasteiger partial charge in [0.05, 0.1) is 29.9 Å². The zero-order valence-corrected chi connectivity index (χ0v) is 18.1. The number of carbonyl (C=O) groups excluding carboxylic acids is 2. The molecule has 0 aromatic heterocycles. The molecule has 3 atom stereocenters. The summed E-state index contributed by atoms with van der Waals surface area (Å²) in [5, 5.41) is 17.4.